The molecule has 3 rings (SSSR count). The number of fused-ring (bicyclic) bond motifs is 1. The maximum atomic E-state index is 13.1. The highest BCUT2D eigenvalue weighted by Crippen LogP contribution is 2.42. The number of nitriles is 1. The fraction of sp³-hybridized carbons (Fsp3) is 0.200. The van der Waals surface area contributed by atoms with Gasteiger partial charge in [-0.3, -0.25) is 5.10 Å². The highest BCUT2D eigenvalue weighted by molar-refractivity contribution is 5.55. The minimum absolute atomic E-state index is 0.0356. The molecule has 1 aliphatic heterocycles. The maximum absolute atomic E-state index is 13.1. The third kappa shape index (κ3) is 2.03. The molecule has 0 saturated carbocycles. The molecule has 0 aliphatic carbocycles. The Bertz CT molecular complexity index is 755. The van der Waals surface area contributed by atoms with Gasteiger partial charge in [-0.15, -0.1) is 5.10 Å². The van der Waals surface area contributed by atoms with Gasteiger partial charge in [0.1, 0.15) is 17.5 Å². The number of nitrogens with two attached hydrogens (primary N) is 1. The summed E-state index contributed by atoms with van der Waals surface area (Å²) in [4.78, 5) is 0. The minimum atomic E-state index is -0.395. The molecule has 21 heavy (non-hydrogen) atoms. The van der Waals surface area contributed by atoms with E-state index in [-0.39, 0.29) is 11.7 Å². The molecule has 1 aromatic heterocycles. The van der Waals surface area contributed by atoms with Gasteiger partial charge in [0, 0.05) is 11.3 Å². The topological polar surface area (TPSA) is 87.7 Å². The van der Waals surface area contributed by atoms with E-state index in [0.717, 1.165) is 16.8 Å². The monoisotopic (exact) mass is 284 g/mol. The molecular weight excluding hydrogens is 271 g/mol. The molecule has 0 bridgehead atoms. The summed E-state index contributed by atoms with van der Waals surface area (Å²) in [7, 11) is 0. The zero-order chi connectivity index (χ0) is 15.0. The molecule has 2 heterocycles. The van der Waals surface area contributed by atoms with Crippen LogP contribution in [0.4, 0.5) is 4.39 Å². The SMILES string of the molecule is CCc1[nH]nc2c1C(c1ccc(F)cc1)C(C#N)=C(N)O2. The van der Waals surface area contributed by atoms with Crippen LogP contribution in [0, 0.1) is 17.1 Å². The normalized spacial score (nSPS) is 17.1. The molecule has 6 heteroatoms. The molecule has 1 unspecified atom stereocenters. The first-order chi connectivity index (χ1) is 10.2. The smallest absolute Gasteiger partial charge is 0.244 e. The second kappa shape index (κ2) is 4.94. The summed E-state index contributed by atoms with van der Waals surface area (Å²) >= 11 is 0. The van der Waals surface area contributed by atoms with Crippen LogP contribution < -0.4 is 10.5 Å². The van der Waals surface area contributed by atoms with Gasteiger partial charge >= 0.3 is 0 Å². The molecule has 0 radical (unpaired) electrons. The number of rotatable bonds is 2. The largest absolute Gasteiger partial charge is 0.420 e. The van der Waals surface area contributed by atoms with Gasteiger partial charge in [-0.25, -0.2) is 4.39 Å². The molecule has 106 valence electrons. The highest BCUT2D eigenvalue weighted by atomic mass is 19.1. The van der Waals surface area contributed by atoms with Crippen LogP contribution in [-0.4, -0.2) is 10.2 Å². The van der Waals surface area contributed by atoms with Crippen LogP contribution in [0.5, 0.6) is 5.88 Å². The summed E-state index contributed by atoms with van der Waals surface area (Å²) in [6.07, 6.45) is 0.710. The zero-order valence-corrected chi connectivity index (χ0v) is 11.4. The standard InChI is InChI=1S/C15H13FN4O/c1-2-11-13-12(8-3-5-9(16)6-4-8)10(7-17)14(18)21-15(13)20-19-11/h3-6,12H,2,18H2,1H3,(H,19,20). The van der Waals surface area contributed by atoms with Crippen molar-refractivity contribution >= 4 is 0 Å². The molecule has 0 spiro atoms. The Balaban J connectivity index is 2.22. The number of benzene rings is 1. The highest BCUT2D eigenvalue weighted by Gasteiger charge is 2.34. The lowest BCUT2D eigenvalue weighted by molar-refractivity contribution is 0.378. The van der Waals surface area contributed by atoms with E-state index in [1.165, 1.54) is 12.1 Å². The average molecular weight is 284 g/mol. The Morgan fingerprint density at radius 1 is 1.43 bits per heavy atom. The third-order valence-electron chi connectivity index (χ3n) is 3.57. The van der Waals surface area contributed by atoms with E-state index in [2.05, 4.69) is 16.3 Å². The van der Waals surface area contributed by atoms with Crippen molar-refractivity contribution in [2.75, 3.05) is 0 Å². The van der Waals surface area contributed by atoms with Gasteiger partial charge < -0.3 is 10.5 Å². The third-order valence-corrected chi connectivity index (χ3v) is 3.57. The number of ether oxygens (including phenoxy) is 1. The first-order valence-corrected chi connectivity index (χ1v) is 6.55. The first kappa shape index (κ1) is 13.2. The van der Waals surface area contributed by atoms with Gasteiger partial charge in [-0.05, 0) is 24.1 Å². The van der Waals surface area contributed by atoms with E-state index in [1.807, 2.05) is 6.92 Å². The van der Waals surface area contributed by atoms with Crippen molar-refractivity contribution in [3.8, 4) is 11.9 Å². The van der Waals surface area contributed by atoms with Gasteiger partial charge in [0.25, 0.3) is 0 Å². The zero-order valence-electron chi connectivity index (χ0n) is 11.4. The van der Waals surface area contributed by atoms with E-state index >= 15 is 0 Å². The molecule has 0 amide bonds. The van der Waals surface area contributed by atoms with Crippen molar-refractivity contribution in [2.45, 2.75) is 19.3 Å². The Hall–Kier alpha value is -2.81. The predicted molar refractivity (Wildman–Crippen MR) is 73.7 cm³/mol. The second-order valence-electron chi connectivity index (χ2n) is 4.75. The summed E-state index contributed by atoms with van der Waals surface area (Å²) in [6, 6.07) is 8.11. The predicted octanol–water partition coefficient (Wildman–Crippen LogP) is 2.33. The number of allylic oxidation sites excluding steroid dienone is 1. The number of nitrogens with zero attached hydrogens (tertiary/aromatic N) is 2. The molecule has 0 fully saturated rings. The molecule has 1 atom stereocenters. The fourth-order valence-corrected chi connectivity index (χ4v) is 2.57. The quantitative estimate of drug-likeness (QED) is 0.886. The number of nitrogens with one attached hydrogen (secondary N) is 1. The second-order valence-corrected chi connectivity index (χ2v) is 4.75. The molecule has 3 N–H and O–H groups in total. The number of halogens is 1. The van der Waals surface area contributed by atoms with Gasteiger partial charge in [0.2, 0.25) is 11.8 Å². The summed E-state index contributed by atoms with van der Waals surface area (Å²) in [5.41, 5.74) is 8.57. The van der Waals surface area contributed by atoms with Crippen LogP contribution in [0.1, 0.15) is 29.7 Å². The number of aromatic nitrogens is 2. The Morgan fingerprint density at radius 3 is 2.76 bits per heavy atom. The van der Waals surface area contributed by atoms with E-state index in [9.17, 15) is 9.65 Å². The van der Waals surface area contributed by atoms with Crippen LogP contribution >= 0.6 is 0 Å². The molecule has 1 aromatic carbocycles. The number of hydrogen-bond acceptors (Lipinski definition) is 4. The van der Waals surface area contributed by atoms with Crippen molar-refractivity contribution in [1.82, 2.24) is 10.2 Å². The van der Waals surface area contributed by atoms with Crippen molar-refractivity contribution < 1.29 is 9.13 Å². The summed E-state index contributed by atoms with van der Waals surface area (Å²) in [5, 5.41) is 16.4. The van der Waals surface area contributed by atoms with E-state index in [4.69, 9.17) is 10.5 Å². The lowest BCUT2D eigenvalue weighted by Gasteiger charge is -2.23. The Kier molecular flexibility index (Phi) is 3.10. The van der Waals surface area contributed by atoms with Crippen molar-refractivity contribution in [2.24, 2.45) is 5.73 Å². The van der Waals surface area contributed by atoms with Crippen LogP contribution in [-0.2, 0) is 6.42 Å². The molecule has 5 nitrogen and oxygen atoms in total. The fourth-order valence-electron chi connectivity index (χ4n) is 2.57. The van der Waals surface area contributed by atoms with E-state index in [0.29, 0.717) is 17.9 Å². The van der Waals surface area contributed by atoms with Crippen molar-refractivity contribution in [3.05, 3.63) is 58.4 Å². The lowest BCUT2D eigenvalue weighted by atomic mass is 9.84. The van der Waals surface area contributed by atoms with Crippen LogP contribution in [0.3, 0.4) is 0 Å². The van der Waals surface area contributed by atoms with E-state index < -0.39 is 5.92 Å². The average Bonchev–Trinajstić information content (AvgIpc) is 2.89. The number of aryl methyl sites for hydroxylation is 1. The van der Waals surface area contributed by atoms with Gasteiger partial charge in [0.15, 0.2) is 0 Å². The summed E-state index contributed by atoms with van der Waals surface area (Å²) in [5.74, 6) is -0.316. The van der Waals surface area contributed by atoms with Crippen molar-refractivity contribution in [1.29, 1.82) is 5.26 Å². The molecule has 0 saturated heterocycles. The molecular formula is C15H13FN4O. The van der Waals surface area contributed by atoms with Crippen LogP contribution in [0.25, 0.3) is 0 Å². The number of aromatic amines is 1. The summed E-state index contributed by atoms with van der Waals surface area (Å²) < 4.78 is 18.6. The van der Waals surface area contributed by atoms with Crippen LogP contribution in [0.2, 0.25) is 0 Å². The Morgan fingerprint density at radius 2 is 2.14 bits per heavy atom. The summed E-state index contributed by atoms with van der Waals surface area (Å²) in [6.45, 7) is 1.98. The maximum Gasteiger partial charge on any atom is 0.244 e. The number of hydrogen-bond donors (Lipinski definition) is 2. The Labute approximate surface area is 120 Å². The van der Waals surface area contributed by atoms with E-state index in [1.54, 1.807) is 12.1 Å². The lowest BCUT2D eigenvalue weighted by Crippen LogP contribution is -2.21. The minimum Gasteiger partial charge on any atom is -0.420 e. The number of H-pyrrole nitrogens is 1. The first-order valence-electron chi connectivity index (χ1n) is 6.55. The van der Waals surface area contributed by atoms with Gasteiger partial charge in [0.05, 0.1) is 5.92 Å². The van der Waals surface area contributed by atoms with Gasteiger partial charge in [-0.2, -0.15) is 5.26 Å². The van der Waals surface area contributed by atoms with Crippen LogP contribution in [0.15, 0.2) is 35.7 Å². The van der Waals surface area contributed by atoms with Crippen molar-refractivity contribution in [3.63, 3.8) is 0 Å². The molecule has 1 aliphatic rings. The van der Waals surface area contributed by atoms with Gasteiger partial charge in [-0.1, -0.05) is 19.1 Å². The molecule has 2 aromatic rings.